The van der Waals surface area contributed by atoms with Gasteiger partial charge in [-0.1, -0.05) is 11.6 Å². The average molecular weight is 454 g/mol. The molecule has 0 saturated carbocycles. The van der Waals surface area contributed by atoms with Crippen molar-refractivity contribution in [1.29, 1.82) is 0 Å². The monoisotopic (exact) mass is 453 g/mol. The number of amides is 2. The van der Waals surface area contributed by atoms with Crippen LogP contribution in [0.5, 0.6) is 11.5 Å². The molecule has 2 N–H and O–H groups in total. The largest absolute Gasteiger partial charge is 0.497 e. The summed E-state index contributed by atoms with van der Waals surface area (Å²) in [4.78, 5) is 24.7. The molecule has 0 bridgehead atoms. The molecule has 1 atom stereocenters. The van der Waals surface area contributed by atoms with Crippen LogP contribution in [-0.4, -0.2) is 36.3 Å². The Morgan fingerprint density at radius 3 is 2.66 bits per heavy atom. The van der Waals surface area contributed by atoms with E-state index in [1.54, 1.807) is 31.6 Å². The van der Waals surface area contributed by atoms with Crippen LogP contribution in [0.4, 0.5) is 0 Å². The number of primary amides is 1. The molecule has 164 valence electrons. The Bertz CT molecular complexity index is 1160. The minimum absolute atomic E-state index is 0.0942. The normalized spacial score (nSPS) is 15.4. The van der Waals surface area contributed by atoms with Gasteiger partial charge in [-0.3, -0.25) is 9.59 Å². The molecule has 1 aromatic heterocycles. The number of halogens is 1. The first-order valence-electron chi connectivity index (χ1n) is 9.76. The predicted octanol–water partition coefficient (Wildman–Crippen LogP) is 3.80. The lowest BCUT2D eigenvalue weighted by Crippen LogP contribution is -2.31. The van der Waals surface area contributed by atoms with E-state index in [0.717, 1.165) is 17.0 Å². The minimum Gasteiger partial charge on any atom is -0.497 e. The molecule has 0 radical (unpaired) electrons. The van der Waals surface area contributed by atoms with Gasteiger partial charge < -0.3 is 19.6 Å². The number of hydrazone groups is 1. The van der Waals surface area contributed by atoms with E-state index in [0.29, 0.717) is 17.2 Å². The van der Waals surface area contributed by atoms with Crippen LogP contribution in [0.25, 0.3) is 0 Å². The summed E-state index contributed by atoms with van der Waals surface area (Å²) in [5.74, 6) is 0.396. The van der Waals surface area contributed by atoms with E-state index >= 15 is 0 Å². The van der Waals surface area contributed by atoms with Crippen molar-refractivity contribution in [1.82, 2.24) is 5.01 Å². The van der Waals surface area contributed by atoms with E-state index in [1.165, 1.54) is 17.1 Å². The number of ether oxygens (including phenoxy) is 2. The van der Waals surface area contributed by atoms with Gasteiger partial charge in [0, 0.05) is 11.4 Å². The van der Waals surface area contributed by atoms with Gasteiger partial charge in [-0.2, -0.15) is 5.10 Å². The van der Waals surface area contributed by atoms with Gasteiger partial charge in [0.1, 0.15) is 23.3 Å². The van der Waals surface area contributed by atoms with Crippen LogP contribution in [0.2, 0.25) is 5.02 Å². The summed E-state index contributed by atoms with van der Waals surface area (Å²) < 4.78 is 16.3. The number of methoxy groups -OCH3 is 1. The van der Waals surface area contributed by atoms with E-state index in [4.69, 9.17) is 31.2 Å². The molecule has 1 aliphatic rings. The molecule has 32 heavy (non-hydrogen) atoms. The fourth-order valence-corrected chi connectivity index (χ4v) is 3.60. The number of hydrogen-bond acceptors (Lipinski definition) is 6. The third kappa shape index (κ3) is 4.45. The summed E-state index contributed by atoms with van der Waals surface area (Å²) in [5, 5.41) is 6.22. The molecule has 2 heterocycles. The number of nitrogens with two attached hydrogens (primary N) is 1. The molecule has 3 aromatic rings. The Morgan fingerprint density at radius 1 is 1.22 bits per heavy atom. The fourth-order valence-electron chi connectivity index (χ4n) is 3.43. The molecule has 4 rings (SSSR count). The summed E-state index contributed by atoms with van der Waals surface area (Å²) in [7, 11) is 1.60. The molecular weight excluding hydrogens is 434 g/mol. The maximum absolute atomic E-state index is 13.0. The lowest BCUT2D eigenvalue weighted by Gasteiger charge is -2.20. The number of hydrogen-bond donors (Lipinski definition) is 1. The van der Waals surface area contributed by atoms with Crippen LogP contribution < -0.4 is 15.2 Å². The maximum Gasteiger partial charge on any atom is 0.281 e. The highest BCUT2D eigenvalue weighted by molar-refractivity contribution is 6.31. The van der Waals surface area contributed by atoms with Gasteiger partial charge in [0.05, 0.1) is 24.6 Å². The minimum atomic E-state index is -0.704. The second-order valence-corrected chi connectivity index (χ2v) is 7.48. The van der Waals surface area contributed by atoms with Crippen molar-refractivity contribution in [2.24, 2.45) is 10.8 Å². The van der Waals surface area contributed by atoms with Gasteiger partial charge in [-0.15, -0.1) is 0 Å². The van der Waals surface area contributed by atoms with Gasteiger partial charge in [0.2, 0.25) is 0 Å². The van der Waals surface area contributed by atoms with Crippen molar-refractivity contribution in [2.75, 3.05) is 13.7 Å². The van der Waals surface area contributed by atoms with E-state index < -0.39 is 17.9 Å². The summed E-state index contributed by atoms with van der Waals surface area (Å²) in [6, 6.07) is 15.0. The second kappa shape index (κ2) is 9.15. The second-order valence-electron chi connectivity index (χ2n) is 7.04. The Labute approximate surface area is 189 Å². The van der Waals surface area contributed by atoms with Crippen LogP contribution >= 0.6 is 11.6 Å². The van der Waals surface area contributed by atoms with Gasteiger partial charge in [0.25, 0.3) is 11.8 Å². The van der Waals surface area contributed by atoms with Gasteiger partial charge >= 0.3 is 0 Å². The van der Waals surface area contributed by atoms with Crippen LogP contribution in [0.1, 0.15) is 34.1 Å². The number of carbonyl (C=O) groups excluding carboxylic acids is 2. The first-order valence-corrected chi connectivity index (χ1v) is 10.1. The SMILES string of the molecule is COc1ccc(C2=NN(C(=O)COc3ccc(Cl)cc3C(N)=O)[C@H](c3ccco3)C2)cc1. The van der Waals surface area contributed by atoms with Crippen LogP contribution in [-0.2, 0) is 4.79 Å². The number of carbonyl (C=O) groups is 2. The maximum atomic E-state index is 13.0. The van der Waals surface area contributed by atoms with E-state index in [-0.39, 0.29) is 17.9 Å². The Kier molecular flexibility index (Phi) is 6.13. The van der Waals surface area contributed by atoms with Crippen molar-refractivity contribution in [3.05, 3.63) is 82.8 Å². The molecule has 1 aliphatic heterocycles. The highest BCUT2D eigenvalue weighted by atomic mass is 35.5. The Hall–Kier alpha value is -3.78. The van der Waals surface area contributed by atoms with Crippen LogP contribution in [0.15, 0.2) is 70.4 Å². The summed E-state index contributed by atoms with van der Waals surface area (Å²) in [6.45, 7) is -0.349. The topological polar surface area (TPSA) is 107 Å². The van der Waals surface area contributed by atoms with Crippen LogP contribution in [0.3, 0.4) is 0 Å². The van der Waals surface area contributed by atoms with E-state index in [9.17, 15) is 9.59 Å². The van der Waals surface area contributed by atoms with Gasteiger partial charge in [-0.25, -0.2) is 5.01 Å². The molecule has 2 aromatic carbocycles. The van der Waals surface area contributed by atoms with Crippen molar-refractivity contribution < 1.29 is 23.5 Å². The molecule has 2 amide bonds. The zero-order valence-corrected chi connectivity index (χ0v) is 17.9. The Balaban J connectivity index is 1.56. The van der Waals surface area contributed by atoms with E-state index in [1.807, 2.05) is 24.3 Å². The number of nitrogens with zero attached hydrogens (tertiary/aromatic N) is 2. The molecule has 0 fully saturated rings. The summed E-state index contributed by atoms with van der Waals surface area (Å²) in [6.07, 6.45) is 2.02. The highest BCUT2D eigenvalue weighted by Gasteiger charge is 2.35. The molecule has 0 unspecified atom stereocenters. The summed E-state index contributed by atoms with van der Waals surface area (Å²) in [5.41, 5.74) is 7.08. The smallest absolute Gasteiger partial charge is 0.281 e. The molecule has 9 heteroatoms. The van der Waals surface area contributed by atoms with Gasteiger partial charge in [-0.05, 0) is 60.2 Å². The quantitative estimate of drug-likeness (QED) is 0.585. The predicted molar refractivity (Wildman–Crippen MR) is 118 cm³/mol. The lowest BCUT2D eigenvalue weighted by atomic mass is 10.0. The molecule has 0 spiro atoms. The Morgan fingerprint density at radius 2 is 2.00 bits per heavy atom. The molecule has 8 nitrogen and oxygen atoms in total. The van der Waals surface area contributed by atoms with Crippen molar-refractivity contribution in [2.45, 2.75) is 12.5 Å². The van der Waals surface area contributed by atoms with Crippen molar-refractivity contribution >= 4 is 29.1 Å². The first kappa shape index (κ1) is 21.5. The first-order chi connectivity index (χ1) is 15.5. The van der Waals surface area contributed by atoms with Crippen molar-refractivity contribution in [3.63, 3.8) is 0 Å². The van der Waals surface area contributed by atoms with Crippen molar-refractivity contribution in [3.8, 4) is 11.5 Å². The third-order valence-corrected chi connectivity index (χ3v) is 5.25. The van der Waals surface area contributed by atoms with Crippen LogP contribution in [0, 0.1) is 0 Å². The lowest BCUT2D eigenvalue weighted by molar-refractivity contribution is -0.135. The standard InChI is InChI=1S/C23H20ClN3O5/c1-30-16-7-4-14(5-8-16)18-12-19(21-3-2-10-31-21)27(26-18)22(28)13-32-20-9-6-15(24)11-17(20)23(25)29/h2-11,19H,12-13H2,1H3,(H2,25,29)/t19-/m0/s1. The highest BCUT2D eigenvalue weighted by Crippen LogP contribution is 2.33. The number of rotatable bonds is 7. The van der Waals surface area contributed by atoms with E-state index in [2.05, 4.69) is 5.10 Å². The number of benzene rings is 2. The van der Waals surface area contributed by atoms with Gasteiger partial charge in [0.15, 0.2) is 6.61 Å². The fraction of sp³-hybridized carbons (Fsp3) is 0.174. The molecule has 0 aliphatic carbocycles. The molecule has 0 saturated heterocycles. The average Bonchev–Trinajstić information content (AvgIpc) is 3.48. The molecular formula is C23H20ClN3O5. The zero-order chi connectivity index (χ0) is 22.7. The zero-order valence-electron chi connectivity index (χ0n) is 17.2. The third-order valence-electron chi connectivity index (χ3n) is 5.02. The summed E-state index contributed by atoms with van der Waals surface area (Å²) >= 11 is 5.92. The number of furan rings is 1.